The number of nitrogens with two attached hydrogens (primary N) is 1. The second kappa shape index (κ2) is 6.90. The SMILES string of the molecule is Cc1ccc(-c2[nH]c3ccc(Br)cc3c2CCCCN)c(C)c1. The summed E-state index contributed by atoms with van der Waals surface area (Å²) in [6.07, 6.45) is 3.23. The smallest absolute Gasteiger partial charge is 0.0500 e. The van der Waals surface area contributed by atoms with Crippen LogP contribution in [-0.4, -0.2) is 11.5 Å². The number of unbranched alkanes of at least 4 members (excludes halogenated alkanes) is 1. The first kappa shape index (κ1) is 16.3. The van der Waals surface area contributed by atoms with Gasteiger partial charge in [0.05, 0.1) is 0 Å². The maximum Gasteiger partial charge on any atom is 0.0500 e. The molecule has 3 N–H and O–H groups in total. The second-order valence-corrected chi connectivity index (χ2v) is 7.15. The van der Waals surface area contributed by atoms with Crippen molar-refractivity contribution in [3.63, 3.8) is 0 Å². The number of halogens is 1. The van der Waals surface area contributed by atoms with Crippen molar-refractivity contribution in [1.82, 2.24) is 4.98 Å². The second-order valence-electron chi connectivity index (χ2n) is 6.23. The summed E-state index contributed by atoms with van der Waals surface area (Å²) in [4.78, 5) is 3.64. The van der Waals surface area contributed by atoms with Gasteiger partial charge in [-0.3, -0.25) is 0 Å². The number of hydrogen-bond donors (Lipinski definition) is 2. The highest BCUT2D eigenvalue weighted by atomic mass is 79.9. The highest BCUT2D eigenvalue weighted by molar-refractivity contribution is 9.10. The maximum absolute atomic E-state index is 5.68. The number of nitrogens with one attached hydrogen (secondary N) is 1. The summed E-state index contributed by atoms with van der Waals surface area (Å²) in [7, 11) is 0. The number of benzene rings is 2. The van der Waals surface area contributed by atoms with Crippen molar-refractivity contribution in [3.05, 3.63) is 57.6 Å². The Morgan fingerprint density at radius 3 is 2.61 bits per heavy atom. The maximum atomic E-state index is 5.68. The molecule has 0 bridgehead atoms. The molecule has 3 rings (SSSR count). The molecule has 3 aromatic rings. The molecule has 2 nitrogen and oxygen atoms in total. The van der Waals surface area contributed by atoms with E-state index in [2.05, 4.69) is 71.2 Å². The Morgan fingerprint density at radius 1 is 1.04 bits per heavy atom. The molecule has 0 radical (unpaired) electrons. The fourth-order valence-corrected chi connectivity index (χ4v) is 3.61. The molecule has 1 aromatic heterocycles. The van der Waals surface area contributed by atoms with Crippen LogP contribution in [0.3, 0.4) is 0 Å². The summed E-state index contributed by atoms with van der Waals surface area (Å²) in [6.45, 7) is 5.08. The Hall–Kier alpha value is -1.58. The highest BCUT2D eigenvalue weighted by Gasteiger charge is 2.14. The van der Waals surface area contributed by atoms with Crippen LogP contribution in [-0.2, 0) is 6.42 Å². The third-order valence-corrected chi connectivity index (χ3v) is 4.89. The lowest BCUT2D eigenvalue weighted by Gasteiger charge is -2.09. The van der Waals surface area contributed by atoms with Gasteiger partial charge in [-0.15, -0.1) is 0 Å². The largest absolute Gasteiger partial charge is 0.354 e. The van der Waals surface area contributed by atoms with Crippen LogP contribution >= 0.6 is 15.9 Å². The number of hydrogen-bond acceptors (Lipinski definition) is 1. The van der Waals surface area contributed by atoms with E-state index in [-0.39, 0.29) is 0 Å². The minimum atomic E-state index is 0.755. The zero-order chi connectivity index (χ0) is 16.4. The molecule has 0 unspecified atom stereocenters. The molecular weight excluding hydrogens is 348 g/mol. The number of H-pyrrole nitrogens is 1. The average molecular weight is 371 g/mol. The molecule has 0 saturated heterocycles. The predicted octanol–water partition coefficient (Wildman–Crippen LogP) is 5.50. The summed E-state index contributed by atoms with van der Waals surface area (Å²) in [5.41, 5.74) is 13.5. The molecule has 0 aliphatic heterocycles. The minimum absolute atomic E-state index is 0.755. The van der Waals surface area contributed by atoms with E-state index in [0.717, 1.165) is 30.3 Å². The van der Waals surface area contributed by atoms with Gasteiger partial charge in [-0.05, 0) is 69.0 Å². The standard InChI is InChI=1S/C20H23BrN2/c1-13-6-8-16(14(2)11-13)20-17(5-3-4-10-22)18-12-15(21)7-9-19(18)23-20/h6-9,11-12,23H,3-5,10,22H2,1-2H3. The summed E-state index contributed by atoms with van der Waals surface area (Å²) in [5.74, 6) is 0. The molecule has 0 amide bonds. The van der Waals surface area contributed by atoms with Gasteiger partial charge in [-0.1, -0.05) is 39.7 Å². The average Bonchev–Trinajstić information content (AvgIpc) is 2.85. The van der Waals surface area contributed by atoms with Crippen LogP contribution in [0.15, 0.2) is 40.9 Å². The summed E-state index contributed by atoms with van der Waals surface area (Å²) in [5, 5.41) is 1.31. The minimum Gasteiger partial charge on any atom is -0.354 e. The predicted molar refractivity (Wildman–Crippen MR) is 103 cm³/mol. The van der Waals surface area contributed by atoms with Crippen LogP contribution in [0, 0.1) is 13.8 Å². The fourth-order valence-electron chi connectivity index (χ4n) is 3.25. The fraction of sp³-hybridized carbons (Fsp3) is 0.300. The van der Waals surface area contributed by atoms with E-state index >= 15 is 0 Å². The van der Waals surface area contributed by atoms with E-state index in [1.807, 2.05) is 0 Å². The summed E-state index contributed by atoms with van der Waals surface area (Å²) < 4.78 is 1.12. The summed E-state index contributed by atoms with van der Waals surface area (Å²) >= 11 is 3.60. The lowest BCUT2D eigenvalue weighted by Crippen LogP contribution is -1.99. The van der Waals surface area contributed by atoms with Gasteiger partial charge in [0.15, 0.2) is 0 Å². The first-order chi connectivity index (χ1) is 11.1. The van der Waals surface area contributed by atoms with E-state index in [9.17, 15) is 0 Å². The molecule has 0 aliphatic carbocycles. The number of fused-ring (bicyclic) bond motifs is 1. The van der Waals surface area contributed by atoms with Gasteiger partial charge in [0, 0.05) is 26.6 Å². The molecule has 2 aromatic carbocycles. The van der Waals surface area contributed by atoms with Crippen LogP contribution in [0.2, 0.25) is 0 Å². The van der Waals surface area contributed by atoms with Crippen molar-refractivity contribution in [2.75, 3.05) is 6.54 Å². The lowest BCUT2D eigenvalue weighted by molar-refractivity contribution is 0.748. The van der Waals surface area contributed by atoms with Gasteiger partial charge in [0.1, 0.15) is 0 Å². The topological polar surface area (TPSA) is 41.8 Å². The molecule has 0 spiro atoms. The number of rotatable bonds is 5. The Bertz CT molecular complexity index is 833. The molecule has 3 heteroatoms. The molecule has 0 saturated carbocycles. The molecule has 1 heterocycles. The Kier molecular flexibility index (Phi) is 4.88. The Morgan fingerprint density at radius 2 is 1.87 bits per heavy atom. The van der Waals surface area contributed by atoms with Crippen molar-refractivity contribution in [3.8, 4) is 11.3 Å². The van der Waals surface area contributed by atoms with Gasteiger partial charge in [-0.25, -0.2) is 0 Å². The molecule has 0 atom stereocenters. The van der Waals surface area contributed by atoms with E-state index in [1.54, 1.807) is 0 Å². The highest BCUT2D eigenvalue weighted by Crippen LogP contribution is 2.34. The van der Waals surface area contributed by atoms with Gasteiger partial charge >= 0.3 is 0 Å². The van der Waals surface area contributed by atoms with Crippen molar-refractivity contribution in [1.29, 1.82) is 0 Å². The first-order valence-corrected chi connectivity index (χ1v) is 8.97. The zero-order valence-electron chi connectivity index (χ0n) is 13.7. The molecular formula is C20H23BrN2. The summed E-state index contributed by atoms with van der Waals surface area (Å²) in [6, 6.07) is 13.1. The van der Waals surface area contributed by atoms with Crippen molar-refractivity contribution >= 4 is 26.8 Å². The normalized spacial score (nSPS) is 11.3. The van der Waals surface area contributed by atoms with Gasteiger partial charge in [0.2, 0.25) is 0 Å². The van der Waals surface area contributed by atoms with Crippen LogP contribution in [0.4, 0.5) is 0 Å². The third-order valence-electron chi connectivity index (χ3n) is 4.40. The van der Waals surface area contributed by atoms with Gasteiger partial charge < -0.3 is 10.7 Å². The van der Waals surface area contributed by atoms with E-state index < -0.39 is 0 Å². The molecule has 120 valence electrons. The number of aromatic amines is 1. The van der Waals surface area contributed by atoms with Crippen molar-refractivity contribution < 1.29 is 0 Å². The monoisotopic (exact) mass is 370 g/mol. The first-order valence-electron chi connectivity index (χ1n) is 8.18. The van der Waals surface area contributed by atoms with E-state index in [4.69, 9.17) is 5.73 Å². The van der Waals surface area contributed by atoms with Crippen molar-refractivity contribution in [2.45, 2.75) is 33.1 Å². The van der Waals surface area contributed by atoms with Crippen LogP contribution < -0.4 is 5.73 Å². The molecule has 23 heavy (non-hydrogen) atoms. The van der Waals surface area contributed by atoms with Crippen LogP contribution in [0.5, 0.6) is 0 Å². The van der Waals surface area contributed by atoms with E-state index in [1.165, 1.54) is 38.9 Å². The number of aromatic nitrogens is 1. The zero-order valence-corrected chi connectivity index (χ0v) is 15.3. The third kappa shape index (κ3) is 3.36. The molecule has 0 fully saturated rings. The van der Waals surface area contributed by atoms with Crippen molar-refractivity contribution in [2.24, 2.45) is 5.73 Å². The van der Waals surface area contributed by atoms with E-state index in [0.29, 0.717) is 0 Å². The van der Waals surface area contributed by atoms with Gasteiger partial charge in [-0.2, -0.15) is 0 Å². The number of aryl methyl sites for hydroxylation is 3. The molecule has 0 aliphatic rings. The van der Waals surface area contributed by atoms with Crippen LogP contribution in [0.1, 0.15) is 29.5 Å². The Balaban J connectivity index is 2.16. The van der Waals surface area contributed by atoms with Gasteiger partial charge in [0.25, 0.3) is 0 Å². The quantitative estimate of drug-likeness (QED) is 0.572. The van der Waals surface area contributed by atoms with Crippen LogP contribution in [0.25, 0.3) is 22.2 Å². The lowest BCUT2D eigenvalue weighted by atomic mass is 9.97. The Labute approximate surface area is 146 Å².